The van der Waals surface area contributed by atoms with Crippen LogP contribution in [0.5, 0.6) is 0 Å². The van der Waals surface area contributed by atoms with Crippen molar-refractivity contribution in [3.05, 3.63) is 16.1 Å². The second-order valence-corrected chi connectivity index (χ2v) is 6.20. The van der Waals surface area contributed by atoms with Crippen LogP contribution in [0.3, 0.4) is 0 Å². The van der Waals surface area contributed by atoms with E-state index < -0.39 is 11.2 Å². The number of hydrogen-bond donors (Lipinski definition) is 0. The smallest absolute Gasteiger partial charge is 0.293 e. The number of ketones is 1. The molecule has 2 bridgehead atoms. The Balaban J connectivity index is 1.79. The zero-order chi connectivity index (χ0) is 12.9. The van der Waals surface area contributed by atoms with E-state index in [1.54, 1.807) is 0 Å². The van der Waals surface area contributed by atoms with Crippen LogP contribution in [0.2, 0.25) is 0 Å². The zero-order valence-electron chi connectivity index (χ0n) is 9.54. The zero-order valence-corrected chi connectivity index (χ0v) is 10.4. The molecule has 1 aromatic heterocycles. The molecule has 0 radical (unpaired) electrons. The second kappa shape index (κ2) is 4.05. The number of halogens is 3. The Hall–Kier alpha value is -0.910. The maximum atomic E-state index is 12.4. The van der Waals surface area contributed by atoms with Gasteiger partial charge in [0, 0.05) is 12.1 Å². The number of carbonyl (C=O) groups excluding carboxylic acids is 1. The topological polar surface area (TPSA) is 30.0 Å². The summed E-state index contributed by atoms with van der Waals surface area (Å²) in [5.41, 5.74) is 0. The molecule has 2 saturated carbocycles. The van der Waals surface area contributed by atoms with Crippen LogP contribution in [0.4, 0.5) is 13.2 Å². The van der Waals surface area contributed by atoms with Crippen molar-refractivity contribution in [3.8, 4) is 0 Å². The van der Waals surface area contributed by atoms with E-state index in [0.717, 1.165) is 25.5 Å². The number of nitrogens with zero attached hydrogens (tertiary/aromatic N) is 1. The molecule has 0 spiro atoms. The van der Waals surface area contributed by atoms with Gasteiger partial charge in [-0.2, -0.15) is 13.2 Å². The van der Waals surface area contributed by atoms with E-state index >= 15 is 0 Å². The molecule has 3 atom stereocenters. The third kappa shape index (κ3) is 1.96. The van der Waals surface area contributed by atoms with Crippen LogP contribution in [0.15, 0.2) is 6.20 Å². The van der Waals surface area contributed by atoms with Crippen LogP contribution in [-0.4, -0.2) is 10.8 Å². The summed E-state index contributed by atoms with van der Waals surface area (Å²) in [4.78, 5) is 15.7. The van der Waals surface area contributed by atoms with Gasteiger partial charge < -0.3 is 0 Å². The molecule has 3 rings (SSSR count). The maximum Gasteiger partial charge on any atom is 0.443 e. The summed E-state index contributed by atoms with van der Waals surface area (Å²) < 4.78 is 37.3. The highest BCUT2D eigenvalue weighted by Gasteiger charge is 2.44. The van der Waals surface area contributed by atoms with Gasteiger partial charge in [0.1, 0.15) is 0 Å². The third-order valence-corrected chi connectivity index (χ3v) is 5.12. The highest BCUT2D eigenvalue weighted by Crippen LogP contribution is 2.49. The fourth-order valence-electron chi connectivity index (χ4n) is 3.27. The van der Waals surface area contributed by atoms with Crippen LogP contribution in [-0.2, 0) is 6.18 Å². The van der Waals surface area contributed by atoms with Gasteiger partial charge in [-0.1, -0.05) is 6.42 Å². The highest BCUT2D eigenvalue weighted by atomic mass is 32.1. The van der Waals surface area contributed by atoms with E-state index in [1.165, 1.54) is 6.42 Å². The van der Waals surface area contributed by atoms with Crippen LogP contribution in [0.25, 0.3) is 0 Å². The Bertz CT molecular complexity index is 482. The van der Waals surface area contributed by atoms with E-state index in [4.69, 9.17) is 0 Å². The number of alkyl halides is 3. The lowest BCUT2D eigenvalue weighted by Crippen LogP contribution is -2.20. The van der Waals surface area contributed by atoms with Gasteiger partial charge in [0.2, 0.25) is 0 Å². The van der Waals surface area contributed by atoms with Gasteiger partial charge in [-0.05, 0) is 31.1 Å². The molecule has 2 aliphatic carbocycles. The SMILES string of the molecule is O=C(c1cnc(C(F)(F)F)s1)C1CC2CCC1C2. The minimum Gasteiger partial charge on any atom is -0.293 e. The van der Waals surface area contributed by atoms with Crippen LogP contribution >= 0.6 is 11.3 Å². The molecule has 0 aromatic carbocycles. The maximum absolute atomic E-state index is 12.4. The third-order valence-electron chi connectivity index (χ3n) is 4.07. The van der Waals surface area contributed by atoms with Gasteiger partial charge in [0.25, 0.3) is 0 Å². The highest BCUT2D eigenvalue weighted by molar-refractivity contribution is 7.13. The Kier molecular flexibility index (Phi) is 2.73. The first-order chi connectivity index (χ1) is 8.45. The molecule has 98 valence electrons. The molecule has 0 aliphatic heterocycles. The standard InChI is InChI=1S/C12H12F3NOS/c13-12(14,15)11-16-5-9(18-11)10(17)8-4-6-1-2-7(8)3-6/h5-8H,1-4H2. The van der Waals surface area contributed by atoms with Gasteiger partial charge in [0.15, 0.2) is 10.8 Å². The second-order valence-electron chi connectivity index (χ2n) is 5.17. The number of rotatable bonds is 2. The largest absolute Gasteiger partial charge is 0.443 e. The molecule has 2 aliphatic rings. The van der Waals surface area contributed by atoms with E-state index in [0.29, 0.717) is 23.2 Å². The summed E-state index contributed by atoms with van der Waals surface area (Å²) in [5.74, 6) is 0.804. The van der Waals surface area contributed by atoms with Crippen LogP contribution in [0, 0.1) is 17.8 Å². The van der Waals surface area contributed by atoms with Gasteiger partial charge in [-0.15, -0.1) is 11.3 Å². The predicted molar refractivity (Wildman–Crippen MR) is 60.4 cm³/mol. The van der Waals surface area contributed by atoms with Crippen molar-refractivity contribution >= 4 is 17.1 Å². The van der Waals surface area contributed by atoms with E-state index in [9.17, 15) is 18.0 Å². The van der Waals surface area contributed by atoms with E-state index in [1.807, 2.05) is 0 Å². The predicted octanol–water partition coefficient (Wildman–Crippen LogP) is 3.78. The molecule has 0 saturated heterocycles. The molecule has 0 N–H and O–H groups in total. The molecule has 0 amide bonds. The lowest BCUT2D eigenvalue weighted by molar-refractivity contribution is -0.137. The van der Waals surface area contributed by atoms with Crippen molar-refractivity contribution in [2.75, 3.05) is 0 Å². The summed E-state index contributed by atoms with van der Waals surface area (Å²) in [6, 6.07) is 0. The van der Waals surface area contributed by atoms with Crippen molar-refractivity contribution in [2.24, 2.45) is 17.8 Å². The first kappa shape index (κ1) is 12.1. The van der Waals surface area contributed by atoms with Crippen LogP contribution in [0.1, 0.15) is 40.4 Å². The molecule has 18 heavy (non-hydrogen) atoms. The Morgan fingerprint density at radius 2 is 2.11 bits per heavy atom. The molecule has 2 fully saturated rings. The lowest BCUT2D eigenvalue weighted by Gasteiger charge is -2.19. The van der Waals surface area contributed by atoms with Gasteiger partial charge >= 0.3 is 6.18 Å². The molecular weight excluding hydrogens is 263 g/mol. The minimum absolute atomic E-state index is 0.0646. The molecule has 1 heterocycles. The van der Waals surface area contributed by atoms with Crippen molar-refractivity contribution in [1.82, 2.24) is 4.98 Å². The van der Waals surface area contributed by atoms with Crippen molar-refractivity contribution in [2.45, 2.75) is 31.9 Å². The number of hydrogen-bond acceptors (Lipinski definition) is 3. The quantitative estimate of drug-likeness (QED) is 0.769. The number of Topliss-reactive ketones (excluding diaryl/α,β-unsaturated/α-hetero) is 1. The monoisotopic (exact) mass is 275 g/mol. The number of thiazole rings is 1. The summed E-state index contributed by atoms with van der Waals surface area (Å²) in [5, 5.41) is -0.922. The Morgan fingerprint density at radius 1 is 1.33 bits per heavy atom. The first-order valence-electron chi connectivity index (χ1n) is 6.02. The average Bonchev–Trinajstić information content (AvgIpc) is 3.02. The van der Waals surface area contributed by atoms with E-state index in [2.05, 4.69) is 4.98 Å². The molecule has 6 heteroatoms. The average molecular weight is 275 g/mol. The molecule has 3 unspecified atom stereocenters. The minimum atomic E-state index is -4.45. The van der Waals surface area contributed by atoms with Gasteiger partial charge in [-0.25, -0.2) is 4.98 Å². The fraction of sp³-hybridized carbons (Fsp3) is 0.667. The lowest BCUT2D eigenvalue weighted by atomic mass is 9.85. The summed E-state index contributed by atoms with van der Waals surface area (Å²) in [7, 11) is 0. The van der Waals surface area contributed by atoms with Crippen LogP contribution < -0.4 is 0 Å². The number of fused-ring (bicyclic) bond motifs is 2. The van der Waals surface area contributed by atoms with Crippen molar-refractivity contribution in [1.29, 1.82) is 0 Å². The summed E-state index contributed by atoms with van der Waals surface area (Å²) in [6.45, 7) is 0. The summed E-state index contributed by atoms with van der Waals surface area (Å²) in [6.07, 6.45) is 0.778. The van der Waals surface area contributed by atoms with Crippen molar-refractivity contribution in [3.63, 3.8) is 0 Å². The molecular formula is C12H12F3NOS. The Labute approximate surface area is 106 Å². The number of carbonyl (C=O) groups is 1. The molecule has 2 nitrogen and oxygen atoms in total. The van der Waals surface area contributed by atoms with Crippen molar-refractivity contribution < 1.29 is 18.0 Å². The number of aromatic nitrogens is 1. The normalized spacial score (nSPS) is 30.9. The van der Waals surface area contributed by atoms with Gasteiger partial charge in [-0.3, -0.25) is 4.79 Å². The fourth-order valence-corrected chi connectivity index (χ4v) is 4.05. The van der Waals surface area contributed by atoms with E-state index in [-0.39, 0.29) is 16.6 Å². The van der Waals surface area contributed by atoms with Gasteiger partial charge in [0.05, 0.1) is 4.88 Å². The first-order valence-corrected chi connectivity index (χ1v) is 6.84. The molecule has 1 aromatic rings. The summed E-state index contributed by atoms with van der Waals surface area (Å²) >= 11 is 0.476. The Morgan fingerprint density at radius 3 is 2.61 bits per heavy atom.